The summed E-state index contributed by atoms with van der Waals surface area (Å²) < 4.78 is 15.2. The summed E-state index contributed by atoms with van der Waals surface area (Å²) >= 11 is 7.05. The predicted molar refractivity (Wildman–Crippen MR) is 134 cm³/mol. The van der Waals surface area contributed by atoms with Crippen molar-refractivity contribution >= 4 is 52.3 Å². The number of hydrogen-bond acceptors (Lipinski definition) is 8. The molecule has 0 aliphatic carbocycles. The molecular formula is C25H22ClNO7S. The highest BCUT2D eigenvalue weighted by molar-refractivity contribution is 8.18. The average Bonchev–Trinajstić information content (AvgIpc) is 3.13. The first-order chi connectivity index (χ1) is 16.8. The van der Waals surface area contributed by atoms with Gasteiger partial charge in [-0.3, -0.25) is 4.79 Å². The molecule has 8 nitrogen and oxygen atoms in total. The van der Waals surface area contributed by atoms with Gasteiger partial charge >= 0.3 is 11.9 Å². The second-order valence-electron chi connectivity index (χ2n) is 6.92. The molecule has 1 amide bonds. The Balaban J connectivity index is 1.86. The number of hydrogen-bond donors (Lipinski definition) is 1. The normalized spacial score (nSPS) is 15.4. The van der Waals surface area contributed by atoms with Crippen LogP contribution >= 0.6 is 23.4 Å². The fourth-order valence-electron chi connectivity index (χ4n) is 2.94. The molecule has 0 radical (unpaired) electrons. The molecule has 182 valence electrons. The molecule has 1 aliphatic heterocycles. The molecule has 1 N–H and O–H groups in total. The second-order valence-corrected chi connectivity index (χ2v) is 8.36. The first-order valence-corrected chi connectivity index (χ1v) is 11.8. The number of thioether (sulfide) groups is 1. The van der Waals surface area contributed by atoms with Gasteiger partial charge in [-0.15, -0.1) is 0 Å². The number of aliphatic hydroxyl groups is 1. The Morgan fingerprint density at radius 3 is 2.37 bits per heavy atom. The minimum absolute atomic E-state index is 0.00603. The van der Waals surface area contributed by atoms with Crippen LogP contribution in [-0.4, -0.2) is 47.8 Å². The van der Waals surface area contributed by atoms with Gasteiger partial charge in [-0.1, -0.05) is 47.6 Å². The molecule has 0 saturated heterocycles. The first-order valence-electron chi connectivity index (χ1n) is 10.6. The molecule has 35 heavy (non-hydrogen) atoms. The molecule has 0 spiro atoms. The summed E-state index contributed by atoms with van der Waals surface area (Å²) in [6.45, 7) is 3.48. The van der Waals surface area contributed by atoms with Crippen molar-refractivity contribution in [2.75, 3.05) is 19.8 Å². The largest absolute Gasteiger partial charge is 0.506 e. The standard InChI is InChI=1S/C25H22ClNO7S/c1-3-32-20(28)14-34-16-11-9-15(10-12-16)13-19-22(29)21(25(31)33-4-2)24(35-19)27-23(30)17-7-5-6-8-18(17)26/h5-13,29H,3-4,14H2,1-2H3/b19-13-,27-24?. The zero-order valence-corrected chi connectivity index (χ0v) is 20.5. The van der Waals surface area contributed by atoms with E-state index in [1.807, 2.05) is 0 Å². The van der Waals surface area contributed by atoms with Crippen LogP contribution in [-0.2, 0) is 19.1 Å². The number of aliphatic imine (C=N–C) groups is 1. The van der Waals surface area contributed by atoms with Gasteiger partial charge in [0.15, 0.2) is 6.61 Å². The third-order valence-electron chi connectivity index (χ3n) is 4.52. The Morgan fingerprint density at radius 2 is 1.71 bits per heavy atom. The van der Waals surface area contributed by atoms with Crippen molar-refractivity contribution in [1.29, 1.82) is 0 Å². The molecule has 2 aromatic carbocycles. The van der Waals surface area contributed by atoms with Crippen LogP contribution in [0.2, 0.25) is 5.02 Å². The number of nitrogens with zero attached hydrogens (tertiary/aromatic N) is 1. The molecule has 0 saturated carbocycles. The van der Waals surface area contributed by atoms with Crippen LogP contribution in [0.25, 0.3) is 6.08 Å². The van der Waals surface area contributed by atoms with Crippen molar-refractivity contribution in [1.82, 2.24) is 0 Å². The SMILES string of the molecule is CCOC(=O)COc1ccc(/C=C2\SC(=NC(=O)c3ccccc3Cl)C(C(=O)OCC)=C2O)cc1. The lowest BCUT2D eigenvalue weighted by molar-refractivity contribution is -0.145. The lowest BCUT2D eigenvalue weighted by atomic mass is 10.1. The number of carbonyl (C=O) groups excluding carboxylic acids is 3. The maximum atomic E-state index is 12.7. The molecule has 0 bridgehead atoms. The lowest BCUT2D eigenvalue weighted by Crippen LogP contribution is -2.14. The van der Waals surface area contributed by atoms with Crippen LogP contribution < -0.4 is 4.74 Å². The van der Waals surface area contributed by atoms with E-state index in [-0.39, 0.29) is 46.8 Å². The van der Waals surface area contributed by atoms with Crippen LogP contribution in [0.4, 0.5) is 0 Å². The van der Waals surface area contributed by atoms with Crippen molar-refractivity contribution in [3.05, 3.63) is 80.9 Å². The summed E-state index contributed by atoms with van der Waals surface area (Å²) in [5.41, 5.74) is 0.642. The summed E-state index contributed by atoms with van der Waals surface area (Å²) in [6, 6.07) is 13.1. The van der Waals surface area contributed by atoms with Crippen LogP contribution in [0.15, 0.2) is 69.8 Å². The van der Waals surface area contributed by atoms with Crippen molar-refractivity contribution in [2.24, 2.45) is 4.99 Å². The minimum Gasteiger partial charge on any atom is -0.506 e. The lowest BCUT2D eigenvalue weighted by Gasteiger charge is -2.06. The Hall–Kier alpha value is -3.56. The molecule has 0 aromatic heterocycles. The van der Waals surface area contributed by atoms with Crippen molar-refractivity contribution in [3.63, 3.8) is 0 Å². The van der Waals surface area contributed by atoms with Gasteiger partial charge in [0, 0.05) is 0 Å². The molecule has 10 heteroatoms. The molecule has 3 rings (SSSR count). The Kier molecular flexibility index (Phi) is 9.11. The van der Waals surface area contributed by atoms with Crippen LogP contribution in [0, 0.1) is 0 Å². The fraction of sp³-hybridized carbons (Fsp3) is 0.200. The highest BCUT2D eigenvalue weighted by Gasteiger charge is 2.34. The third kappa shape index (κ3) is 6.74. The first kappa shape index (κ1) is 26.1. The van der Waals surface area contributed by atoms with Crippen molar-refractivity contribution in [2.45, 2.75) is 13.8 Å². The fourth-order valence-corrected chi connectivity index (χ4v) is 4.16. The van der Waals surface area contributed by atoms with Crippen molar-refractivity contribution < 1.29 is 33.7 Å². The molecular weight excluding hydrogens is 494 g/mol. The number of rotatable bonds is 8. The van der Waals surface area contributed by atoms with Crippen molar-refractivity contribution in [3.8, 4) is 5.75 Å². The number of ether oxygens (including phenoxy) is 3. The Morgan fingerprint density at radius 1 is 1.03 bits per heavy atom. The quantitative estimate of drug-likeness (QED) is 0.490. The molecule has 0 fully saturated rings. The predicted octanol–water partition coefficient (Wildman–Crippen LogP) is 4.98. The van der Waals surface area contributed by atoms with E-state index < -0.39 is 17.8 Å². The van der Waals surface area contributed by atoms with E-state index in [1.165, 1.54) is 6.07 Å². The number of benzene rings is 2. The van der Waals surface area contributed by atoms with E-state index in [9.17, 15) is 19.5 Å². The molecule has 0 atom stereocenters. The van der Waals surface area contributed by atoms with E-state index in [0.29, 0.717) is 16.2 Å². The van der Waals surface area contributed by atoms with Gasteiger partial charge in [0.25, 0.3) is 5.91 Å². The molecule has 0 unspecified atom stereocenters. The smallest absolute Gasteiger partial charge is 0.344 e. The average molecular weight is 516 g/mol. The Labute approximate surface area is 211 Å². The van der Waals surface area contributed by atoms with Gasteiger partial charge in [-0.2, -0.15) is 0 Å². The highest BCUT2D eigenvalue weighted by Crippen LogP contribution is 2.39. The van der Waals surface area contributed by atoms with E-state index in [4.69, 9.17) is 25.8 Å². The molecule has 1 aliphatic rings. The van der Waals surface area contributed by atoms with E-state index >= 15 is 0 Å². The monoisotopic (exact) mass is 515 g/mol. The van der Waals surface area contributed by atoms with Gasteiger partial charge in [0.1, 0.15) is 22.1 Å². The number of aliphatic hydroxyl groups excluding tert-OH is 1. The zero-order valence-electron chi connectivity index (χ0n) is 18.9. The van der Waals surface area contributed by atoms with Gasteiger partial charge in [-0.05, 0) is 49.8 Å². The number of halogens is 1. The third-order valence-corrected chi connectivity index (χ3v) is 5.87. The Bertz CT molecular complexity index is 1220. The highest BCUT2D eigenvalue weighted by atomic mass is 35.5. The number of esters is 2. The second kappa shape index (κ2) is 12.2. The van der Waals surface area contributed by atoms with Crippen LogP contribution in [0.3, 0.4) is 0 Å². The van der Waals surface area contributed by atoms with E-state index in [2.05, 4.69) is 4.99 Å². The number of amides is 1. The number of carbonyl (C=O) groups is 3. The molecule has 2 aromatic rings. The van der Waals surface area contributed by atoms with Gasteiger partial charge in [0.05, 0.1) is 28.7 Å². The van der Waals surface area contributed by atoms with Gasteiger partial charge in [-0.25, -0.2) is 14.6 Å². The van der Waals surface area contributed by atoms with Gasteiger partial charge in [0.2, 0.25) is 0 Å². The maximum absolute atomic E-state index is 12.7. The van der Waals surface area contributed by atoms with Crippen LogP contribution in [0.5, 0.6) is 5.75 Å². The molecule has 1 heterocycles. The minimum atomic E-state index is -0.797. The summed E-state index contributed by atoms with van der Waals surface area (Å²) in [5, 5.41) is 11.0. The zero-order chi connectivity index (χ0) is 25.4. The van der Waals surface area contributed by atoms with E-state index in [1.54, 1.807) is 62.4 Å². The van der Waals surface area contributed by atoms with E-state index in [0.717, 1.165) is 11.8 Å². The summed E-state index contributed by atoms with van der Waals surface area (Å²) in [4.78, 5) is 41.0. The maximum Gasteiger partial charge on any atom is 0.344 e. The summed E-state index contributed by atoms with van der Waals surface area (Å²) in [5.74, 6) is -1.81. The van der Waals surface area contributed by atoms with Crippen LogP contribution in [0.1, 0.15) is 29.8 Å². The summed E-state index contributed by atoms with van der Waals surface area (Å²) in [6.07, 6.45) is 1.62. The topological polar surface area (TPSA) is 111 Å². The van der Waals surface area contributed by atoms with Gasteiger partial charge < -0.3 is 19.3 Å². The summed E-state index contributed by atoms with van der Waals surface area (Å²) in [7, 11) is 0.